The van der Waals surface area contributed by atoms with Crippen LogP contribution in [0, 0.1) is 10.1 Å². The molecule has 0 amide bonds. The van der Waals surface area contributed by atoms with E-state index in [9.17, 15) is 14.9 Å². The highest BCUT2D eigenvalue weighted by Crippen LogP contribution is 2.31. The molecule has 1 N–H and O–H groups in total. The summed E-state index contributed by atoms with van der Waals surface area (Å²) in [5.41, 5.74) is -0.172. The predicted molar refractivity (Wildman–Crippen MR) is 56.5 cm³/mol. The van der Waals surface area contributed by atoms with Gasteiger partial charge in [-0.15, -0.1) is 11.8 Å². The van der Waals surface area contributed by atoms with Crippen molar-refractivity contribution >= 4 is 35.0 Å². The number of hydrogen-bond donors (Lipinski definition) is 1. The van der Waals surface area contributed by atoms with E-state index in [1.54, 1.807) is 0 Å². The lowest BCUT2D eigenvalue weighted by Crippen LogP contribution is -1.99. The standard InChI is InChI=1S/C8H6ClNO4S/c9-5-1-2-7(15-4-8(11)12)6(3-5)10(13)14/h1-3H,4H2,(H,11,12). The van der Waals surface area contributed by atoms with Crippen LogP contribution in [0.1, 0.15) is 0 Å². The van der Waals surface area contributed by atoms with E-state index < -0.39 is 10.9 Å². The molecule has 0 atom stereocenters. The summed E-state index contributed by atoms with van der Waals surface area (Å²) in [5, 5.41) is 19.3. The van der Waals surface area contributed by atoms with Gasteiger partial charge in [0.25, 0.3) is 5.69 Å². The zero-order chi connectivity index (χ0) is 11.4. The first-order chi connectivity index (χ1) is 7.00. The summed E-state index contributed by atoms with van der Waals surface area (Å²) in [7, 11) is 0. The molecule has 80 valence electrons. The SMILES string of the molecule is O=C(O)CSc1ccc(Cl)cc1[N+](=O)[O-]. The third-order valence-electron chi connectivity index (χ3n) is 1.47. The van der Waals surface area contributed by atoms with Crippen molar-refractivity contribution in [2.75, 3.05) is 5.75 Å². The van der Waals surface area contributed by atoms with E-state index in [-0.39, 0.29) is 16.5 Å². The molecule has 0 unspecified atom stereocenters. The molecule has 7 heteroatoms. The molecule has 15 heavy (non-hydrogen) atoms. The van der Waals surface area contributed by atoms with Crippen LogP contribution in [0.25, 0.3) is 0 Å². The summed E-state index contributed by atoms with van der Waals surface area (Å²) >= 11 is 6.49. The molecule has 5 nitrogen and oxygen atoms in total. The average molecular weight is 248 g/mol. The fourth-order valence-electron chi connectivity index (χ4n) is 0.895. The number of hydrogen-bond acceptors (Lipinski definition) is 4. The van der Waals surface area contributed by atoms with Gasteiger partial charge in [0.15, 0.2) is 0 Å². The fraction of sp³-hybridized carbons (Fsp3) is 0.125. The molecule has 0 spiro atoms. The van der Waals surface area contributed by atoms with Crippen LogP contribution in [0.3, 0.4) is 0 Å². The van der Waals surface area contributed by atoms with Crippen molar-refractivity contribution in [3.8, 4) is 0 Å². The maximum absolute atomic E-state index is 10.6. The maximum Gasteiger partial charge on any atom is 0.313 e. The van der Waals surface area contributed by atoms with Gasteiger partial charge in [0, 0.05) is 11.1 Å². The van der Waals surface area contributed by atoms with Crippen LogP contribution in [-0.4, -0.2) is 21.8 Å². The van der Waals surface area contributed by atoms with Gasteiger partial charge in [-0.2, -0.15) is 0 Å². The molecule has 0 aliphatic heterocycles. The minimum atomic E-state index is -1.02. The maximum atomic E-state index is 10.6. The number of carbonyl (C=O) groups is 1. The molecule has 0 fully saturated rings. The second-order valence-corrected chi connectivity index (χ2v) is 4.01. The normalized spacial score (nSPS) is 9.93. The van der Waals surface area contributed by atoms with E-state index >= 15 is 0 Å². The lowest BCUT2D eigenvalue weighted by atomic mass is 10.3. The number of nitro benzene ring substituents is 1. The van der Waals surface area contributed by atoms with E-state index in [1.165, 1.54) is 18.2 Å². The van der Waals surface area contributed by atoms with Gasteiger partial charge in [0.2, 0.25) is 0 Å². The Balaban J connectivity index is 2.95. The van der Waals surface area contributed by atoms with E-state index in [2.05, 4.69) is 0 Å². The number of thioether (sulfide) groups is 1. The highest BCUT2D eigenvalue weighted by atomic mass is 35.5. The molecule has 0 saturated heterocycles. The van der Waals surface area contributed by atoms with Crippen LogP contribution >= 0.6 is 23.4 Å². The molecule has 0 radical (unpaired) electrons. The highest BCUT2D eigenvalue weighted by molar-refractivity contribution is 8.00. The van der Waals surface area contributed by atoms with E-state index in [0.29, 0.717) is 4.90 Å². The third kappa shape index (κ3) is 3.41. The summed E-state index contributed by atoms with van der Waals surface area (Å²) in [6.07, 6.45) is 0. The summed E-state index contributed by atoms with van der Waals surface area (Å²) in [6, 6.07) is 4.12. The van der Waals surface area contributed by atoms with Gasteiger partial charge in [-0.3, -0.25) is 14.9 Å². The molecule has 0 saturated carbocycles. The van der Waals surface area contributed by atoms with Crippen LogP contribution < -0.4 is 0 Å². The van der Waals surface area contributed by atoms with Gasteiger partial charge in [-0.25, -0.2) is 0 Å². The lowest BCUT2D eigenvalue weighted by molar-refractivity contribution is -0.387. The second-order valence-electron chi connectivity index (χ2n) is 2.55. The van der Waals surface area contributed by atoms with E-state index in [4.69, 9.17) is 16.7 Å². The Labute approximate surface area is 94.2 Å². The van der Waals surface area contributed by atoms with Crippen molar-refractivity contribution in [1.29, 1.82) is 0 Å². The fourth-order valence-corrected chi connectivity index (χ4v) is 1.79. The minimum Gasteiger partial charge on any atom is -0.481 e. The molecule has 0 aliphatic rings. The summed E-state index contributed by atoms with van der Waals surface area (Å²) in [6.45, 7) is 0. The Morgan fingerprint density at radius 3 is 2.80 bits per heavy atom. The van der Waals surface area contributed by atoms with Crippen molar-refractivity contribution in [3.05, 3.63) is 33.3 Å². The van der Waals surface area contributed by atoms with Gasteiger partial charge in [0.1, 0.15) is 0 Å². The Hall–Kier alpha value is -1.27. The first-order valence-corrected chi connectivity index (χ1v) is 5.15. The van der Waals surface area contributed by atoms with Crippen molar-refractivity contribution in [3.63, 3.8) is 0 Å². The van der Waals surface area contributed by atoms with Crippen LogP contribution in [-0.2, 0) is 4.79 Å². The molecule has 0 heterocycles. The molecule has 0 bridgehead atoms. The zero-order valence-corrected chi connectivity index (χ0v) is 8.92. The second kappa shape index (κ2) is 4.99. The molecule has 0 aliphatic carbocycles. The van der Waals surface area contributed by atoms with Crippen molar-refractivity contribution < 1.29 is 14.8 Å². The van der Waals surface area contributed by atoms with Crippen molar-refractivity contribution in [2.45, 2.75) is 4.90 Å². The summed E-state index contributed by atoms with van der Waals surface area (Å²) in [4.78, 5) is 20.6. The highest BCUT2D eigenvalue weighted by Gasteiger charge is 2.15. The number of halogens is 1. The number of nitrogens with zero attached hydrogens (tertiary/aromatic N) is 1. The number of nitro groups is 1. The molecular weight excluding hydrogens is 242 g/mol. The van der Waals surface area contributed by atoms with Gasteiger partial charge in [0.05, 0.1) is 15.6 Å². The molecule has 1 aromatic rings. The monoisotopic (exact) mass is 247 g/mol. The first kappa shape index (κ1) is 11.8. The Bertz CT molecular complexity index is 410. The molecule has 1 rings (SSSR count). The van der Waals surface area contributed by atoms with Crippen LogP contribution in [0.2, 0.25) is 5.02 Å². The Morgan fingerprint density at radius 2 is 2.27 bits per heavy atom. The number of carboxylic acids is 1. The Kier molecular flexibility index (Phi) is 3.93. The lowest BCUT2D eigenvalue weighted by Gasteiger charge is -2.00. The molecule has 0 aromatic heterocycles. The first-order valence-electron chi connectivity index (χ1n) is 3.79. The van der Waals surface area contributed by atoms with Crippen LogP contribution in [0.4, 0.5) is 5.69 Å². The Morgan fingerprint density at radius 1 is 1.60 bits per heavy atom. The number of rotatable bonds is 4. The van der Waals surface area contributed by atoms with Crippen LogP contribution in [0.15, 0.2) is 23.1 Å². The summed E-state index contributed by atoms with van der Waals surface area (Å²) in [5.74, 6) is -1.24. The smallest absolute Gasteiger partial charge is 0.313 e. The summed E-state index contributed by atoms with van der Waals surface area (Å²) < 4.78 is 0. The number of aliphatic carboxylic acids is 1. The van der Waals surface area contributed by atoms with Gasteiger partial charge in [-0.1, -0.05) is 11.6 Å². The van der Waals surface area contributed by atoms with Crippen molar-refractivity contribution in [2.24, 2.45) is 0 Å². The van der Waals surface area contributed by atoms with Crippen molar-refractivity contribution in [1.82, 2.24) is 0 Å². The van der Waals surface area contributed by atoms with Gasteiger partial charge < -0.3 is 5.11 Å². The van der Waals surface area contributed by atoms with Gasteiger partial charge in [-0.05, 0) is 12.1 Å². The molecule has 1 aromatic carbocycles. The topological polar surface area (TPSA) is 80.4 Å². The van der Waals surface area contributed by atoms with Crippen LogP contribution in [0.5, 0.6) is 0 Å². The average Bonchev–Trinajstić information content (AvgIpc) is 2.15. The predicted octanol–water partition coefficient (Wildman–Crippen LogP) is 2.42. The molecular formula is C8H6ClNO4S. The zero-order valence-electron chi connectivity index (χ0n) is 7.34. The van der Waals surface area contributed by atoms with E-state index in [1.807, 2.05) is 0 Å². The van der Waals surface area contributed by atoms with E-state index in [0.717, 1.165) is 11.8 Å². The largest absolute Gasteiger partial charge is 0.481 e. The minimum absolute atomic E-state index is 0.172. The van der Waals surface area contributed by atoms with Gasteiger partial charge >= 0.3 is 5.97 Å². The number of carboxylic acid groups (broad SMARTS) is 1. The third-order valence-corrected chi connectivity index (χ3v) is 2.75. The quantitative estimate of drug-likeness (QED) is 0.502. The number of benzene rings is 1.